The average Bonchev–Trinajstić information content (AvgIpc) is 2.60. The van der Waals surface area contributed by atoms with Crippen LogP contribution in [0.5, 0.6) is 0 Å². The summed E-state index contributed by atoms with van der Waals surface area (Å²) >= 11 is 0. The molecule has 2 heteroatoms. The van der Waals surface area contributed by atoms with Gasteiger partial charge in [0.1, 0.15) is 0 Å². The minimum absolute atomic E-state index is 0.0928. The van der Waals surface area contributed by atoms with Crippen LogP contribution in [0.15, 0.2) is 0 Å². The van der Waals surface area contributed by atoms with Crippen molar-refractivity contribution in [2.45, 2.75) is 76.8 Å². The van der Waals surface area contributed by atoms with Gasteiger partial charge in [-0.3, -0.25) is 0 Å². The van der Waals surface area contributed by atoms with Crippen molar-refractivity contribution in [3.05, 3.63) is 0 Å². The maximum atomic E-state index is 6.41. The molecule has 1 saturated carbocycles. The first-order chi connectivity index (χ1) is 7.64. The van der Waals surface area contributed by atoms with Crippen molar-refractivity contribution in [3.8, 4) is 0 Å². The molecule has 3 rings (SSSR count). The molecule has 16 heavy (non-hydrogen) atoms. The van der Waals surface area contributed by atoms with Gasteiger partial charge in [0.25, 0.3) is 0 Å². The number of hydrogen-bond acceptors (Lipinski definition) is 2. The maximum Gasteiger partial charge on any atom is 0.0974 e. The normalized spacial score (nSPS) is 56.1. The van der Waals surface area contributed by atoms with Crippen LogP contribution in [-0.4, -0.2) is 23.9 Å². The summed E-state index contributed by atoms with van der Waals surface area (Å²) in [5.74, 6) is 1.46. The third-order valence-electron chi connectivity index (χ3n) is 5.23. The zero-order valence-corrected chi connectivity index (χ0v) is 10.7. The van der Waals surface area contributed by atoms with E-state index in [-0.39, 0.29) is 5.60 Å². The molecular formula is C14H24O2. The number of rotatable bonds is 1. The van der Waals surface area contributed by atoms with Crippen molar-refractivity contribution in [2.24, 2.45) is 11.8 Å². The minimum Gasteiger partial charge on any atom is -0.372 e. The van der Waals surface area contributed by atoms with Gasteiger partial charge in [0, 0.05) is 6.42 Å². The second kappa shape index (κ2) is 3.71. The summed E-state index contributed by atoms with van der Waals surface area (Å²) in [4.78, 5) is 0. The molecule has 0 N–H and O–H groups in total. The van der Waals surface area contributed by atoms with E-state index in [1.165, 1.54) is 19.3 Å². The molecule has 2 aliphatic heterocycles. The van der Waals surface area contributed by atoms with Crippen molar-refractivity contribution >= 4 is 0 Å². The fourth-order valence-corrected chi connectivity index (χ4v) is 4.00. The fourth-order valence-electron chi connectivity index (χ4n) is 4.00. The highest BCUT2D eigenvalue weighted by atomic mass is 16.6. The molecule has 6 atom stereocenters. The third kappa shape index (κ3) is 1.46. The molecule has 3 aliphatic rings. The molecule has 1 spiro atoms. The Bertz CT molecular complexity index is 274. The van der Waals surface area contributed by atoms with E-state index in [4.69, 9.17) is 9.47 Å². The summed E-state index contributed by atoms with van der Waals surface area (Å²) < 4.78 is 12.6. The largest absolute Gasteiger partial charge is 0.372 e. The molecule has 2 heterocycles. The van der Waals surface area contributed by atoms with Gasteiger partial charge in [-0.15, -0.1) is 0 Å². The molecule has 2 nitrogen and oxygen atoms in total. The minimum atomic E-state index is 0.0928. The van der Waals surface area contributed by atoms with E-state index in [2.05, 4.69) is 20.8 Å². The summed E-state index contributed by atoms with van der Waals surface area (Å²) in [6, 6.07) is 0. The van der Waals surface area contributed by atoms with E-state index in [9.17, 15) is 0 Å². The summed E-state index contributed by atoms with van der Waals surface area (Å²) in [5, 5.41) is 0. The van der Waals surface area contributed by atoms with E-state index < -0.39 is 0 Å². The monoisotopic (exact) mass is 224 g/mol. The zero-order valence-electron chi connectivity index (χ0n) is 10.7. The number of ether oxygens (including phenoxy) is 2. The highest BCUT2D eigenvalue weighted by molar-refractivity contribution is 5.07. The molecule has 2 saturated heterocycles. The lowest BCUT2D eigenvalue weighted by atomic mass is 9.70. The Morgan fingerprint density at radius 2 is 2.00 bits per heavy atom. The Hall–Kier alpha value is -0.0800. The standard InChI is InChI=1S/C14H24O2/c1-4-11-5-6-13-14(16-11)7-9(2)10(3)12(8-14)15-13/h9-13H,4-8H2,1-3H3/t9-,10-,11+,12-,13+,14+/m1/s1. The van der Waals surface area contributed by atoms with E-state index in [1.807, 2.05) is 0 Å². The van der Waals surface area contributed by atoms with Crippen LogP contribution >= 0.6 is 0 Å². The summed E-state index contributed by atoms with van der Waals surface area (Å²) in [7, 11) is 0. The molecule has 2 bridgehead atoms. The van der Waals surface area contributed by atoms with Crippen LogP contribution in [0.25, 0.3) is 0 Å². The van der Waals surface area contributed by atoms with Crippen molar-refractivity contribution in [1.29, 1.82) is 0 Å². The number of fused-ring (bicyclic) bond motifs is 1. The van der Waals surface area contributed by atoms with Gasteiger partial charge in [0.2, 0.25) is 0 Å². The molecule has 0 amide bonds. The van der Waals surface area contributed by atoms with Crippen LogP contribution < -0.4 is 0 Å². The predicted octanol–water partition coefficient (Wildman–Crippen LogP) is 3.15. The topological polar surface area (TPSA) is 18.5 Å². The van der Waals surface area contributed by atoms with Gasteiger partial charge in [-0.2, -0.15) is 0 Å². The maximum absolute atomic E-state index is 6.41. The molecule has 0 aromatic carbocycles. The van der Waals surface area contributed by atoms with E-state index in [0.29, 0.717) is 24.2 Å². The number of hydrogen-bond donors (Lipinski definition) is 0. The second-order valence-electron chi connectivity index (χ2n) is 6.20. The fraction of sp³-hybridized carbons (Fsp3) is 1.00. The summed E-state index contributed by atoms with van der Waals surface area (Å²) in [5.41, 5.74) is 0.0928. The van der Waals surface area contributed by atoms with Crippen LogP contribution in [0.4, 0.5) is 0 Å². The Labute approximate surface area is 98.7 Å². The average molecular weight is 224 g/mol. The first-order valence-corrected chi connectivity index (χ1v) is 6.98. The highest BCUT2D eigenvalue weighted by Crippen LogP contribution is 2.52. The smallest absolute Gasteiger partial charge is 0.0974 e. The first kappa shape index (κ1) is 11.0. The second-order valence-corrected chi connectivity index (χ2v) is 6.20. The Morgan fingerprint density at radius 3 is 2.75 bits per heavy atom. The molecule has 1 aliphatic carbocycles. The van der Waals surface area contributed by atoms with Crippen molar-refractivity contribution in [2.75, 3.05) is 0 Å². The lowest BCUT2D eigenvalue weighted by Crippen LogP contribution is -2.50. The quantitative estimate of drug-likeness (QED) is 0.681. The third-order valence-corrected chi connectivity index (χ3v) is 5.23. The summed E-state index contributed by atoms with van der Waals surface area (Å²) in [6.07, 6.45) is 7.28. The molecule has 3 fully saturated rings. The van der Waals surface area contributed by atoms with Gasteiger partial charge in [-0.1, -0.05) is 20.8 Å². The van der Waals surface area contributed by atoms with Crippen molar-refractivity contribution in [3.63, 3.8) is 0 Å². The van der Waals surface area contributed by atoms with Gasteiger partial charge in [0.05, 0.1) is 23.9 Å². The van der Waals surface area contributed by atoms with Gasteiger partial charge in [0.15, 0.2) is 0 Å². The Kier molecular flexibility index (Phi) is 2.56. The van der Waals surface area contributed by atoms with Crippen molar-refractivity contribution < 1.29 is 9.47 Å². The van der Waals surface area contributed by atoms with Gasteiger partial charge < -0.3 is 9.47 Å². The van der Waals surface area contributed by atoms with Crippen LogP contribution in [0.2, 0.25) is 0 Å². The predicted molar refractivity (Wildman–Crippen MR) is 63.4 cm³/mol. The zero-order chi connectivity index (χ0) is 11.3. The Balaban J connectivity index is 1.84. The van der Waals surface area contributed by atoms with Crippen LogP contribution in [-0.2, 0) is 9.47 Å². The van der Waals surface area contributed by atoms with Crippen LogP contribution in [0, 0.1) is 11.8 Å². The van der Waals surface area contributed by atoms with Crippen LogP contribution in [0.1, 0.15) is 52.9 Å². The van der Waals surface area contributed by atoms with Gasteiger partial charge >= 0.3 is 0 Å². The van der Waals surface area contributed by atoms with Crippen LogP contribution in [0.3, 0.4) is 0 Å². The molecule has 0 radical (unpaired) electrons. The molecular weight excluding hydrogens is 200 g/mol. The highest BCUT2D eigenvalue weighted by Gasteiger charge is 2.58. The van der Waals surface area contributed by atoms with E-state index >= 15 is 0 Å². The van der Waals surface area contributed by atoms with Crippen molar-refractivity contribution in [1.82, 2.24) is 0 Å². The van der Waals surface area contributed by atoms with E-state index in [1.54, 1.807) is 0 Å². The molecule has 0 unspecified atom stereocenters. The Morgan fingerprint density at radius 1 is 1.19 bits per heavy atom. The summed E-state index contributed by atoms with van der Waals surface area (Å²) in [6.45, 7) is 6.95. The van der Waals surface area contributed by atoms with E-state index in [0.717, 1.165) is 18.8 Å². The van der Waals surface area contributed by atoms with Gasteiger partial charge in [-0.25, -0.2) is 0 Å². The lowest BCUT2D eigenvalue weighted by Gasteiger charge is -2.45. The molecule has 92 valence electrons. The lowest BCUT2D eigenvalue weighted by molar-refractivity contribution is -0.169. The molecule has 0 aromatic heterocycles. The van der Waals surface area contributed by atoms with Gasteiger partial charge in [-0.05, 0) is 37.5 Å². The first-order valence-electron chi connectivity index (χ1n) is 6.98. The SMILES string of the molecule is CC[C@H]1CC[C@@H]2O[C@@H]3C[C@]2(C[C@@H](C)[C@H]3C)O1. The molecule has 0 aromatic rings.